The van der Waals surface area contributed by atoms with Crippen molar-refractivity contribution in [1.29, 1.82) is 0 Å². The zero-order chi connectivity index (χ0) is 7.56. The molecule has 70 valence electrons. The molecule has 0 radical (unpaired) electrons. The third kappa shape index (κ3) is 3.79. The third-order valence-electron chi connectivity index (χ3n) is 1.33. The first-order valence-corrected chi connectivity index (χ1v) is 3.17. The molecule has 0 aliphatic heterocycles. The van der Waals surface area contributed by atoms with Crippen molar-refractivity contribution in [2.45, 2.75) is 13.8 Å². The molecule has 0 saturated carbocycles. The number of hydrogen-bond donors (Lipinski definition) is 1. The maximum atomic E-state index is 11.8. The Morgan fingerprint density at radius 1 is 1.00 bits per heavy atom. The molecule has 4 heteroatoms. The lowest BCUT2D eigenvalue weighted by molar-refractivity contribution is 0.617. The van der Waals surface area contributed by atoms with Gasteiger partial charge in [0.05, 0.1) is 5.69 Å². The summed E-state index contributed by atoms with van der Waals surface area (Å²) in [6, 6.07) is 5.51. The van der Waals surface area contributed by atoms with Gasteiger partial charge in [0.25, 0.3) is 0 Å². The lowest BCUT2D eigenvalue weighted by Gasteiger charge is -1.99. The van der Waals surface area contributed by atoms with E-state index in [1.165, 1.54) is 0 Å². The molecular weight excluding hydrogens is 200 g/mol. The molecule has 0 aliphatic rings. The van der Waals surface area contributed by atoms with Crippen molar-refractivity contribution in [2.75, 3.05) is 5.54 Å². The Labute approximate surface area is 84.1 Å². The van der Waals surface area contributed by atoms with E-state index in [9.17, 15) is 4.48 Å². The Balaban J connectivity index is 0. The zero-order valence-corrected chi connectivity index (χ0v) is 8.56. The Bertz CT molecular complexity index is 220. The van der Waals surface area contributed by atoms with Gasteiger partial charge in [-0.05, 0) is 37.1 Å². The first-order chi connectivity index (χ1) is 4.72. The smallest absolute Gasteiger partial charge is 0.0660 e. The molecule has 1 aromatic rings. The number of rotatable bonds is 1. The fourth-order valence-electron chi connectivity index (χ4n) is 1.03. The molecule has 0 saturated heterocycles. The van der Waals surface area contributed by atoms with E-state index in [0.717, 1.165) is 11.1 Å². The van der Waals surface area contributed by atoms with Crippen LogP contribution in [-0.4, -0.2) is 0 Å². The minimum absolute atomic E-state index is 0. The van der Waals surface area contributed by atoms with Crippen LogP contribution in [0, 0.1) is 13.8 Å². The summed E-state index contributed by atoms with van der Waals surface area (Å²) in [7, 11) is 0. The quantitative estimate of drug-likeness (QED) is 0.703. The van der Waals surface area contributed by atoms with Gasteiger partial charge in [0.15, 0.2) is 0 Å². The highest BCUT2D eigenvalue weighted by Crippen LogP contribution is 2.12. The van der Waals surface area contributed by atoms with Gasteiger partial charge in [-0.3, -0.25) is 0 Å². The molecular formula is C8H12Cl2FN. The van der Waals surface area contributed by atoms with Gasteiger partial charge in [-0.2, -0.15) is 0 Å². The van der Waals surface area contributed by atoms with Crippen LogP contribution in [0.5, 0.6) is 0 Å². The van der Waals surface area contributed by atoms with Crippen molar-refractivity contribution in [1.82, 2.24) is 0 Å². The molecule has 0 fully saturated rings. The van der Waals surface area contributed by atoms with Crippen molar-refractivity contribution >= 4 is 30.5 Å². The van der Waals surface area contributed by atoms with Crippen LogP contribution in [0.4, 0.5) is 10.2 Å². The second-order valence-electron chi connectivity index (χ2n) is 2.47. The second kappa shape index (κ2) is 6.09. The van der Waals surface area contributed by atoms with Crippen LogP contribution in [0.3, 0.4) is 0 Å². The monoisotopic (exact) mass is 211 g/mol. The third-order valence-corrected chi connectivity index (χ3v) is 1.33. The molecule has 1 aromatic carbocycles. The molecule has 0 heterocycles. The molecule has 1 nitrogen and oxygen atoms in total. The normalized spacial score (nSPS) is 7.92. The van der Waals surface area contributed by atoms with Gasteiger partial charge < -0.3 is 0 Å². The van der Waals surface area contributed by atoms with Crippen molar-refractivity contribution in [3.05, 3.63) is 29.3 Å². The van der Waals surface area contributed by atoms with Crippen LogP contribution < -0.4 is 5.54 Å². The van der Waals surface area contributed by atoms with E-state index in [0.29, 0.717) is 5.69 Å². The van der Waals surface area contributed by atoms with Crippen LogP contribution in [0.1, 0.15) is 11.1 Å². The largest absolute Gasteiger partial charge is 0.225 e. The van der Waals surface area contributed by atoms with Crippen molar-refractivity contribution < 1.29 is 4.48 Å². The summed E-state index contributed by atoms with van der Waals surface area (Å²) in [5.41, 5.74) is 4.27. The number of hydrogen-bond acceptors (Lipinski definition) is 1. The van der Waals surface area contributed by atoms with Crippen molar-refractivity contribution in [3.63, 3.8) is 0 Å². The number of halogens is 3. The van der Waals surface area contributed by atoms with Crippen LogP contribution in [-0.2, 0) is 0 Å². The first-order valence-electron chi connectivity index (χ1n) is 3.17. The van der Waals surface area contributed by atoms with Gasteiger partial charge in [-0.1, -0.05) is 6.07 Å². The number of anilines is 1. The van der Waals surface area contributed by atoms with E-state index >= 15 is 0 Å². The first kappa shape index (κ1) is 14.1. The van der Waals surface area contributed by atoms with Gasteiger partial charge in [0.1, 0.15) is 0 Å². The Hall–Kier alpha value is -0.470. The van der Waals surface area contributed by atoms with E-state index in [2.05, 4.69) is 0 Å². The number of nitrogens with one attached hydrogen (secondary N) is 1. The lowest BCUT2D eigenvalue weighted by atomic mass is 10.1. The summed E-state index contributed by atoms with van der Waals surface area (Å²) >= 11 is 0. The predicted octanol–water partition coefficient (Wildman–Crippen LogP) is 3.44. The lowest BCUT2D eigenvalue weighted by Crippen LogP contribution is -1.84. The SMILES string of the molecule is Cc1cc(C)cc(NF)c1.Cl.Cl. The maximum Gasteiger partial charge on any atom is 0.0660 e. The van der Waals surface area contributed by atoms with Gasteiger partial charge in [-0.15, -0.1) is 29.3 Å². The second-order valence-corrected chi connectivity index (χ2v) is 2.47. The standard InChI is InChI=1S/C8H10FN.2ClH/c1-6-3-7(2)5-8(4-6)10-9;;/h3-5,10H,1-2H3;2*1H. The summed E-state index contributed by atoms with van der Waals surface area (Å²) < 4.78 is 11.8. The Morgan fingerprint density at radius 3 is 1.75 bits per heavy atom. The Morgan fingerprint density at radius 2 is 1.42 bits per heavy atom. The average Bonchev–Trinajstić information content (AvgIpc) is 1.85. The molecule has 0 aliphatic carbocycles. The van der Waals surface area contributed by atoms with Crippen LogP contribution >= 0.6 is 24.8 Å². The highest BCUT2D eigenvalue weighted by molar-refractivity contribution is 5.85. The highest BCUT2D eigenvalue weighted by atomic mass is 35.5. The van der Waals surface area contributed by atoms with Crippen LogP contribution in [0.15, 0.2) is 18.2 Å². The minimum atomic E-state index is 0. The summed E-state index contributed by atoms with van der Waals surface area (Å²) in [6.45, 7) is 3.88. The molecule has 0 bridgehead atoms. The van der Waals surface area contributed by atoms with Gasteiger partial charge in [0.2, 0.25) is 0 Å². The summed E-state index contributed by atoms with van der Waals surface area (Å²) in [5.74, 6) is 0. The van der Waals surface area contributed by atoms with Crippen LogP contribution in [0.2, 0.25) is 0 Å². The summed E-state index contributed by atoms with van der Waals surface area (Å²) in [4.78, 5) is 0. The van der Waals surface area contributed by atoms with Crippen LogP contribution in [0.25, 0.3) is 0 Å². The van der Waals surface area contributed by atoms with E-state index in [1.807, 2.05) is 19.9 Å². The predicted molar refractivity (Wildman–Crippen MR) is 55.1 cm³/mol. The molecule has 0 aromatic heterocycles. The molecule has 0 spiro atoms. The Kier molecular flexibility index (Phi) is 7.15. The maximum absolute atomic E-state index is 11.8. The molecule has 12 heavy (non-hydrogen) atoms. The molecule has 1 rings (SSSR count). The van der Waals surface area contributed by atoms with Crippen molar-refractivity contribution in [3.8, 4) is 0 Å². The number of benzene rings is 1. The van der Waals surface area contributed by atoms with Gasteiger partial charge in [-0.25, -0.2) is 5.54 Å². The summed E-state index contributed by atoms with van der Waals surface area (Å²) in [6.07, 6.45) is 0. The molecule has 0 unspecified atom stereocenters. The van der Waals surface area contributed by atoms with E-state index in [4.69, 9.17) is 0 Å². The molecule has 0 amide bonds. The van der Waals surface area contributed by atoms with E-state index in [1.54, 1.807) is 17.7 Å². The molecule has 1 N–H and O–H groups in total. The van der Waals surface area contributed by atoms with E-state index < -0.39 is 0 Å². The van der Waals surface area contributed by atoms with Gasteiger partial charge >= 0.3 is 0 Å². The zero-order valence-electron chi connectivity index (χ0n) is 6.93. The highest BCUT2D eigenvalue weighted by Gasteiger charge is 1.92. The number of aryl methyl sites for hydroxylation is 2. The average molecular weight is 212 g/mol. The fourth-order valence-corrected chi connectivity index (χ4v) is 1.03. The van der Waals surface area contributed by atoms with E-state index in [-0.39, 0.29) is 24.8 Å². The summed E-state index contributed by atoms with van der Waals surface area (Å²) in [5, 5.41) is 0. The van der Waals surface area contributed by atoms with Gasteiger partial charge in [0, 0.05) is 0 Å². The minimum Gasteiger partial charge on any atom is -0.225 e. The fraction of sp³-hybridized carbons (Fsp3) is 0.250. The topological polar surface area (TPSA) is 12.0 Å². The molecule has 0 atom stereocenters. The van der Waals surface area contributed by atoms with Crippen molar-refractivity contribution in [2.24, 2.45) is 0 Å².